The monoisotopic (exact) mass is 377 g/mol. The second-order valence-electron chi connectivity index (χ2n) is 7.04. The number of aromatic nitrogens is 2. The Morgan fingerprint density at radius 1 is 0.893 bits per heavy atom. The Balaban J connectivity index is 1.12. The van der Waals surface area contributed by atoms with Crippen LogP contribution in [0.25, 0.3) is 11.3 Å². The van der Waals surface area contributed by atoms with E-state index in [4.69, 9.17) is 4.42 Å². The van der Waals surface area contributed by atoms with E-state index < -0.39 is 0 Å². The molecule has 28 heavy (non-hydrogen) atoms. The van der Waals surface area contributed by atoms with E-state index in [1.165, 1.54) is 0 Å². The van der Waals surface area contributed by atoms with Gasteiger partial charge < -0.3 is 14.6 Å². The lowest BCUT2D eigenvalue weighted by atomic mass is 10.2. The zero-order chi connectivity index (χ0) is 19.0. The van der Waals surface area contributed by atoms with Crippen molar-refractivity contribution in [2.75, 3.05) is 44.2 Å². The van der Waals surface area contributed by atoms with Crippen molar-refractivity contribution >= 4 is 5.95 Å². The molecule has 1 N–H and O–H groups in total. The molecule has 146 valence electrons. The van der Waals surface area contributed by atoms with Gasteiger partial charge in [0.25, 0.3) is 0 Å². The molecular formula is C22H27N5O. The van der Waals surface area contributed by atoms with Crippen LogP contribution in [0.3, 0.4) is 0 Å². The summed E-state index contributed by atoms with van der Waals surface area (Å²) in [5.41, 5.74) is 1.12. The third-order valence-corrected chi connectivity index (χ3v) is 5.05. The number of anilines is 1. The molecule has 0 bridgehead atoms. The maximum Gasteiger partial charge on any atom is 0.225 e. The molecule has 0 atom stereocenters. The standard InChI is InChI=1S/C22H27N5O/c1-2-6-19(7-3-1)21-9-8-20(28-21)18-23-10-5-13-26-14-16-27(17-15-26)22-24-11-4-12-25-22/h1-4,6-9,11-12,23H,5,10,13-18H2. The summed E-state index contributed by atoms with van der Waals surface area (Å²) < 4.78 is 5.93. The summed E-state index contributed by atoms with van der Waals surface area (Å²) in [6, 6.07) is 16.2. The SMILES string of the molecule is c1ccc(-c2ccc(CNCCCN3CCN(c4ncccn4)CC3)o2)cc1. The molecule has 6 nitrogen and oxygen atoms in total. The number of hydrogen-bond acceptors (Lipinski definition) is 6. The highest BCUT2D eigenvalue weighted by molar-refractivity contribution is 5.57. The molecule has 1 aliphatic rings. The molecule has 1 fully saturated rings. The van der Waals surface area contributed by atoms with Crippen molar-refractivity contribution in [3.8, 4) is 11.3 Å². The first-order valence-corrected chi connectivity index (χ1v) is 9.98. The van der Waals surface area contributed by atoms with Crippen LogP contribution < -0.4 is 10.2 Å². The number of furan rings is 1. The molecule has 1 saturated heterocycles. The molecule has 3 aromatic rings. The quantitative estimate of drug-likeness (QED) is 0.609. The molecule has 0 amide bonds. The molecule has 0 aliphatic carbocycles. The smallest absolute Gasteiger partial charge is 0.225 e. The fourth-order valence-corrected chi connectivity index (χ4v) is 3.50. The van der Waals surface area contributed by atoms with Crippen LogP contribution in [0.1, 0.15) is 12.2 Å². The van der Waals surface area contributed by atoms with Gasteiger partial charge in [-0.1, -0.05) is 30.3 Å². The molecule has 0 unspecified atom stereocenters. The van der Waals surface area contributed by atoms with E-state index in [1.54, 1.807) is 0 Å². The first kappa shape index (κ1) is 18.7. The summed E-state index contributed by atoms with van der Waals surface area (Å²) in [5.74, 6) is 2.75. The Kier molecular flexibility index (Phi) is 6.32. The summed E-state index contributed by atoms with van der Waals surface area (Å²) in [6.07, 6.45) is 4.75. The molecule has 4 rings (SSSR count). The van der Waals surface area contributed by atoms with E-state index in [1.807, 2.05) is 42.7 Å². The van der Waals surface area contributed by atoms with Crippen LogP contribution in [-0.2, 0) is 6.54 Å². The summed E-state index contributed by atoms with van der Waals surface area (Å²) in [7, 11) is 0. The molecule has 3 heterocycles. The summed E-state index contributed by atoms with van der Waals surface area (Å²) in [4.78, 5) is 13.5. The van der Waals surface area contributed by atoms with Crippen molar-refractivity contribution in [2.45, 2.75) is 13.0 Å². The first-order chi connectivity index (χ1) is 13.9. The number of rotatable bonds is 8. The normalized spacial score (nSPS) is 15.1. The van der Waals surface area contributed by atoms with E-state index in [0.717, 1.165) is 75.3 Å². The highest BCUT2D eigenvalue weighted by Crippen LogP contribution is 2.21. The van der Waals surface area contributed by atoms with Crippen LogP contribution in [0.15, 0.2) is 65.3 Å². The summed E-state index contributed by atoms with van der Waals surface area (Å²) >= 11 is 0. The fraction of sp³-hybridized carbons (Fsp3) is 0.364. The molecule has 0 spiro atoms. The van der Waals surface area contributed by atoms with Gasteiger partial charge in [-0.15, -0.1) is 0 Å². The Morgan fingerprint density at radius 2 is 1.68 bits per heavy atom. The predicted molar refractivity (Wildman–Crippen MR) is 111 cm³/mol. The fourth-order valence-electron chi connectivity index (χ4n) is 3.50. The van der Waals surface area contributed by atoms with Gasteiger partial charge in [-0.25, -0.2) is 9.97 Å². The number of nitrogens with one attached hydrogen (secondary N) is 1. The minimum atomic E-state index is 0.770. The Morgan fingerprint density at radius 3 is 2.46 bits per heavy atom. The molecule has 2 aromatic heterocycles. The van der Waals surface area contributed by atoms with E-state index in [-0.39, 0.29) is 0 Å². The minimum absolute atomic E-state index is 0.770. The largest absolute Gasteiger partial charge is 0.460 e. The van der Waals surface area contributed by atoms with Gasteiger partial charge in [0.05, 0.1) is 6.54 Å². The van der Waals surface area contributed by atoms with Gasteiger partial charge in [0.2, 0.25) is 5.95 Å². The topological polar surface area (TPSA) is 57.4 Å². The van der Waals surface area contributed by atoms with Crippen LogP contribution >= 0.6 is 0 Å². The van der Waals surface area contributed by atoms with Crippen molar-refractivity contribution in [2.24, 2.45) is 0 Å². The Labute approximate surface area is 166 Å². The van der Waals surface area contributed by atoms with Crippen molar-refractivity contribution < 1.29 is 4.42 Å². The van der Waals surface area contributed by atoms with E-state index >= 15 is 0 Å². The molecule has 0 saturated carbocycles. The van der Waals surface area contributed by atoms with Crippen LogP contribution in [0.2, 0.25) is 0 Å². The maximum absolute atomic E-state index is 5.93. The lowest BCUT2D eigenvalue weighted by Crippen LogP contribution is -2.47. The third kappa shape index (κ3) is 4.97. The zero-order valence-corrected chi connectivity index (χ0v) is 16.1. The predicted octanol–water partition coefficient (Wildman–Crippen LogP) is 3.04. The number of nitrogens with zero attached hydrogens (tertiary/aromatic N) is 4. The number of piperazine rings is 1. The third-order valence-electron chi connectivity index (χ3n) is 5.05. The van der Waals surface area contributed by atoms with E-state index in [9.17, 15) is 0 Å². The van der Waals surface area contributed by atoms with E-state index in [2.05, 4.69) is 43.3 Å². The van der Waals surface area contributed by atoms with Crippen molar-refractivity contribution in [3.63, 3.8) is 0 Å². The van der Waals surface area contributed by atoms with Crippen LogP contribution in [0.5, 0.6) is 0 Å². The van der Waals surface area contributed by atoms with Gasteiger partial charge in [0.1, 0.15) is 11.5 Å². The van der Waals surface area contributed by atoms with E-state index in [0.29, 0.717) is 0 Å². The van der Waals surface area contributed by atoms with Gasteiger partial charge in [-0.2, -0.15) is 0 Å². The van der Waals surface area contributed by atoms with Gasteiger partial charge in [0, 0.05) is 44.1 Å². The maximum atomic E-state index is 5.93. The van der Waals surface area contributed by atoms with Gasteiger partial charge >= 0.3 is 0 Å². The van der Waals surface area contributed by atoms with Gasteiger partial charge in [0.15, 0.2) is 0 Å². The lowest BCUT2D eigenvalue weighted by Gasteiger charge is -2.34. The van der Waals surface area contributed by atoms with Crippen LogP contribution in [-0.4, -0.2) is 54.1 Å². The lowest BCUT2D eigenvalue weighted by molar-refractivity contribution is 0.252. The van der Waals surface area contributed by atoms with Crippen molar-refractivity contribution in [1.29, 1.82) is 0 Å². The molecule has 1 aliphatic heterocycles. The molecule has 0 radical (unpaired) electrons. The first-order valence-electron chi connectivity index (χ1n) is 9.98. The summed E-state index contributed by atoms with van der Waals surface area (Å²) in [5, 5.41) is 3.49. The molecular weight excluding hydrogens is 350 g/mol. The van der Waals surface area contributed by atoms with Gasteiger partial charge in [-0.05, 0) is 37.7 Å². The molecule has 6 heteroatoms. The Hall–Kier alpha value is -2.70. The minimum Gasteiger partial charge on any atom is -0.460 e. The van der Waals surface area contributed by atoms with Crippen molar-refractivity contribution in [3.05, 3.63) is 66.7 Å². The average molecular weight is 377 g/mol. The zero-order valence-electron chi connectivity index (χ0n) is 16.1. The van der Waals surface area contributed by atoms with Crippen LogP contribution in [0.4, 0.5) is 5.95 Å². The van der Waals surface area contributed by atoms with Gasteiger partial charge in [-0.3, -0.25) is 4.90 Å². The Bertz CT molecular complexity index is 828. The highest BCUT2D eigenvalue weighted by Gasteiger charge is 2.18. The summed E-state index contributed by atoms with van der Waals surface area (Å²) in [6.45, 7) is 6.99. The second-order valence-corrected chi connectivity index (χ2v) is 7.04. The van der Waals surface area contributed by atoms with Crippen LogP contribution in [0, 0.1) is 0 Å². The van der Waals surface area contributed by atoms with Crippen molar-refractivity contribution in [1.82, 2.24) is 20.2 Å². The average Bonchev–Trinajstić information content (AvgIpc) is 3.24. The molecule has 1 aromatic carbocycles. The highest BCUT2D eigenvalue weighted by atomic mass is 16.3. The number of hydrogen-bond donors (Lipinski definition) is 1. The second kappa shape index (κ2) is 9.48. The number of benzene rings is 1.